The smallest absolute Gasteiger partial charge is 0.262 e. The molecule has 0 radical (unpaired) electrons. The van der Waals surface area contributed by atoms with E-state index in [0.29, 0.717) is 16.7 Å². The summed E-state index contributed by atoms with van der Waals surface area (Å²) in [6.45, 7) is 4.74. The first-order valence-electron chi connectivity index (χ1n) is 7.71. The summed E-state index contributed by atoms with van der Waals surface area (Å²) in [4.78, 5) is 26.1. The highest BCUT2D eigenvalue weighted by Gasteiger charge is 2.39. The monoisotopic (exact) mass is 327 g/mol. The third-order valence-electron chi connectivity index (χ3n) is 4.37. The lowest BCUT2D eigenvalue weighted by Gasteiger charge is -2.25. The molecule has 0 fully saturated rings. The number of amides is 2. The molecule has 2 aromatic carbocycles. The summed E-state index contributed by atoms with van der Waals surface area (Å²) in [5.74, 6) is -1.40. The summed E-state index contributed by atoms with van der Waals surface area (Å²) >= 11 is 0. The zero-order valence-electron chi connectivity index (χ0n) is 13.7. The molecule has 0 spiro atoms. The molecule has 1 unspecified atom stereocenters. The molecule has 1 N–H and O–H groups in total. The Kier molecular flexibility index (Phi) is 3.76. The van der Waals surface area contributed by atoms with Gasteiger partial charge in [-0.2, -0.15) is 0 Å². The van der Waals surface area contributed by atoms with Crippen LogP contribution in [-0.4, -0.2) is 21.8 Å². The molecule has 0 saturated carbocycles. The zero-order chi connectivity index (χ0) is 17.6. The molecule has 0 bridgehead atoms. The molecule has 1 aliphatic rings. The lowest BCUT2D eigenvalue weighted by molar-refractivity contribution is 0.0591. The van der Waals surface area contributed by atoms with Gasteiger partial charge in [-0.25, -0.2) is 4.39 Å². The Hall–Kier alpha value is -2.53. The summed E-state index contributed by atoms with van der Waals surface area (Å²) in [6.07, 6.45) is 0. The molecular weight excluding hydrogens is 309 g/mol. The second kappa shape index (κ2) is 5.53. The van der Waals surface area contributed by atoms with E-state index in [-0.39, 0.29) is 5.56 Å². The topological polar surface area (TPSA) is 57.6 Å². The molecule has 124 valence electrons. The minimum atomic E-state index is -1.17. The highest BCUT2D eigenvalue weighted by Crippen LogP contribution is 2.33. The molecule has 2 amide bonds. The lowest BCUT2D eigenvalue weighted by Crippen LogP contribution is -2.33. The van der Waals surface area contributed by atoms with Gasteiger partial charge in [0.05, 0.1) is 22.8 Å². The first-order chi connectivity index (χ1) is 11.2. The van der Waals surface area contributed by atoms with Crippen molar-refractivity contribution in [3.05, 3.63) is 70.5 Å². The zero-order valence-corrected chi connectivity index (χ0v) is 13.7. The van der Waals surface area contributed by atoms with Crippen molar-refractivity contribution in [1.82, 2.24) is 4.90 Å². The number of carbonyl (C=O) groups excluding carboxylic acids is 2. The van der Waals surface area contributed by atoms with E-state index < -0.39 is 29.3 Å². The minimum Gasteiger partial charge on any atom is -0.386 e. The van der Waals surface area contributed by atoms with Crippen molar-refractivity contribution >= 4 is 11.8 Å². The molecule has 0 saturated heterocycles. The SMILES string of the molecule is CC(c1ccc(C(C)(C)O)cc1F)N1C(=O)c2ccccc2C1=O. The van der Waals surface area contributed by atoms with Gasteiger partial charge in [0.25, 0.3) is 11.8 Å². The maximum atomic E-state index is 14.5. The van der Waals surface area contributed by atoms with E-state index in [4.69, 9.17) is 0 Å². The lowest BCUT2D eigenvalue weighted by atomic mass is 9.95. The van der Waals surface area contributed by atoms with Crippen molar-refractivity contribution in [3.8, 4) is 0 Å². The van der Waals surface area contributed by atoms with E-state index in [1.807, 2.05) is 0 Å². The number of hydrogen-bond donors (Lipinski definition) is 1. The highest BCUT2D eigenvalue weighted by molar-refractivity contribution is 6.21. The largest absolute Gasteiger partial charge is 0.386 e. The van der Waals surface area contributed by atoms with Crippen LogP contribution in [0.15, 0.2) is 42.5 Å². The average Bonchev–Trinajstić information content (AvgIpc) is 2.78. The van der Waals surface area contributed by atoms with Crippen LogP contribution in [-0.2, 0) is 5.60 Å². The summed E-state index contributed by atoms with van der Waals surface area (Å²) in [6, 6.07) is 10.2. The van der Waals surface area contributed by atoms with Gasteiger partial charge in [-0.1, -0.05) is 24.3 Å². The van der Waals surface area contributed by atoms with Gasteiger partial charge < -0.3 is 5.11 Å². The Morgan fingerprint density at radius 2 is 1.58 bits per heavy atom. The number of nitrogens with zero attached hydrogens (tertiary/aromatic N) is 1. The first kappa shape index (κ1) is 16.3. The minimum absolute atomic E-state index is 0.234. The Morgan fingerprint density at radius 3 is 2.04 bits per heavy atom. The molecule has 5 heteroatoms. The second-order valence-corrected chi connectivity index (χ2v) is 6.50. The number of aliphatic hydroxyl groups is 1. The van der Waals surface area contributed by atoms with Gasteiger partial charge in [0.2, 0.25) is 0 Å². The fourth-order valence-electron chi connectivity index (χ4n) is 2.95. The van der Waals surface area contributed by atoms with Crippen LogP contribution in [0.3, 0.4) is 0 Å². The summed E-state index contributed by atoms with van der Waals surface area (Å²) < 4.78 is 14.5. The van der Waals surface area contributed by atoms with Crippen LogP contribution >= 0.6 is 0 Å². The van der Waals surface area contributed by atoms with Gasteiger partial charge in [0.15, 0.2) is 0 Å². The van der Waals surface area contributed by atoms with Crippen LogP contribution in [0.5, 0.6) is 0 Å². The quantitative estimate of drug-likeness (QED) is 0.879. The van der Waals surface area contributed by atoms with Crippen LogP contribution in [0.25, 0.3) is 0 Å². The Bertz CT molecular complexity index is 804. The van der Waals surface area contributed by atoms with Gasteiger partial charge in [-0.3, -0.25) is 14.5 Å². The van der Waals surface area contributed by atoms with E-state index in [9.17, 15) is 19.1 Å². The van der Waals surface area contributed by atoms with Gasteiger partial charge in [-0.05, 0) is 44.5 Å². The molecule has 0 aromatic heterocycles. The standard InChI is InChI=1S/C19H18FNO3/c1-11(13-9-8-12(10-16(13)20)19(2,3)24)21-17(22)14-6-4-5-7-15(14)18(21)23/h4-11,24H,1-3H3. The molecule has 0 aliphatic carbocycles. The van der Waals surface area contributed by atoms with Crippen LogP contribution < -0.4 is 0 Å². The van der Waals surface area contributed by atoms with Crippen molar-refractivity contribution in [2.45, 2.75) is 32.4 Å². The van der Waals surface area contributed by atoms with Crippen LogP contribution in [0.2, 0.25) is 0 Å². The Labute approximate surface area is 139 Å². The van der Waals surface area contributed by atoms with Crippen molar-refractivity contribution in [3.63, 3.8) is 0 Å². The summed E-state index contributed by atoms with van der Waals surface area (Å²) in [5, 5.41) is 9.97. The fourth-order valence-corrected chi connectivity index (χ4v) is 2.95. The molecule has 3 rings (SSSR count). The van der Waals surface area contributed by atoms with Gasteiger partial charge >= 0.3 is 0 Å². The maximum Gasteiger partial charge on any atom is 0.262 e. The van der Waals surface area contributed by atoms with E-state index >= 15 is 0 Å². The van der Waals surface area contributed by atoms with E-state index in [1.54, 1.807) is 51.1 Å². The van der Waals surface area contributed by atoms with Gasteiger partial charge in [0, 0.05) is 5.56 Å². The number of rotatable bonds is 3. The fraction of sp³-hybridized carbons (Fsp3) is 0.263. The predicted octanol–water partition coefficient (Wildman–Crippen LogP) is 3.41. The maximum absolute atomic E-state index is 14.5. The number of hydrogen-bond acceptors (Lipinski definition) is 3. The predicted molar refractivity (Wildman–Crippen MR) is 87.0 cm³/mol. The van der Waals surface area contributed by atoms with Gasteiger partial charge in [0.1, 0.15) is 5.82 Å². The van der Waals surface area contributed by atoms with Crippen molar-refractivity contribution in [2.75, 3.05) is 0 Å². The number of imide groups is 1. The number of fused-ring (bicyclic) bond motifs is 1. The Morgan fingerprint density at radius 1 is 1.04 bits per heavy atom. The molecule has 24 heavy (non-hydrogen) atoms. The summed E-state index contributed by atoms with van der Waals surface area (Å²) in [5.41, 5.74) is 0.166. The first-order valence-corrected chi connectivity index (χ1v) is 7.71. The van der Waals surface area contributed by atoms with E-state index in [2.05, 4.69) is 0 Å². The van der Waals surface area contributed by atoms with Crippen LogP contribution in [0.4, 0.5) is 4.39 Å². The van der Waals surface area contributed by atoms with Crippen molar-refractivity contribution in [2.24, 2.45) is 0 Å². The highest BCUT2D eigenvalue weighted by atomic mass is 19.1. The van der Waals surface area contributed by atoms with E-state index in [1.165, 1.54) is 12.1 Å². The average molecular weight is 327 g/mol. The molecule has 4 nitrogen and oxygen atoms in total. The molecule has 1 aliphatic heterocycles. The second-order valence-electron chi connectivity index (χ2n) is 6.50. The number of benzene rings is 2. The third kappa shape index (κ3) is 2.51. The van der Waals surface area contributed by atoms with E-state index in [0.717, 1.165) is 4.90 Å². The normalized spacial score (nSPS) is 15.6. The van der Waals surface area contributed by atoms with Crippen molar-refractivity contribution in [1.29, 1.82) is 0 Å². The number of halogens is 1. The molecule has 2 aromatic rings. The molecule has 1 heterocycles. The number of carbonyl (C=O) groups is 2. The third-order valence-corrected chi connectivity index (χ3v) is 4.37. The van der Waals surface area contributed by atoms with Crippen LogP contribution in [0, 0.1) is 5.82 Å². The van der Waals surface area contributed by atoms with Crippen molar-refractivity contribution < 1.29 is 19.1 Å². The molecular formula is C19H18FNO3. The van der Waals surface area contributed by atoms with Gasteiger partial charge in [-0.15, -0.1) is 0 Å². The van der Waals surface area contributed by atoms with Crippen LogP contribution in [0.1, 0.15) is 58.7 Å². The molecule has 1 atom stereocenters. The Balaban J connectivity index is 1.98. The summed E-state index contributed by atoms with van der Waals surface area (Å²) in [7, 11) is 0.